The van der Waals surface area contributed by atoms with Crippen molar-refractivity contribution < 1.29 is 4.79 Å². The Hall–Kier alpha value is -0.650. The van der Waals surface area contributed by atoms with Crippen LogP contribution in [0.3, 0.4) is 0 Å². The van der Waals surface area contributed by atoms with Crippen LogP contribution in [-0.2, 0) is 4.79 Å². The normalized spacial score (nSPS) is 23.5. The minimum absolute atomic E-state index is 0.0180. The third kappa shape index (κ3) is 4.67. The molecule has 0 aromatic rings. The average Bonchev–Trinajstić information content (AvgIpc) is 3.28. The smallest absolute Gasteiger partial charge is 0.237 e. The van der Waals surface area contributed by atoms with E-state index in [2.05, 4.69) is 40.9 Å². The van der Waals surface area contributed by atoms with E-state index in [1.165, 1.54) is 39.0 Å². The third-order valence-corrected chi connectivity index (χ3v) is 5.47. The van der Waals surface area contributed by atoms with Crippen LogP contribution >= 0.6 is 0 Å². The van der Waals surface area contributed by atoms with E-state index in [9.17, 15) is 4.79 Å². The summed E-state index contributed by atoms with van der Waals surface area (Å²) in [5, 5.41) is 3.23. The fourth-order valence-electron chi connectivity index (χ4n) is 3.36. The highest BCUT2D eigenvalue weighted by Gasteiger charge is 2.44. The number of amides is 1. The lowest BCUT2D eigenvalue weighted by atomic mass is 10.1. The minimum atomic E-state index is 0.0180. The van der Waals surface area contributed by atoms with E-state index in [-0.39, 0.29) is 11.9 Å². The predicted octanol–water partition coefficient (Wildman–Crippen LogP) is 0.861. The largest absolute Gasteiger partial charge is 0.354 e. The zero-order chi connectivity index (χ0) is 16.2. The van der Waals surface area contributed by atoms with Crippen molar-refractivity contribution in [2.24, 2.45) is 5.41 Å². The number of nitrogens with one attached hydrogen (secondary N) is 1. The van der Waals surface area contributed by atoms with E-state index in [4.69, 9.17) is 0 Å². The molecule has 1 saturated carbocycles. The summed E-state index contributed by atoms with van der Waals surface area (Å²) in [6.07, 6.45) is 3.40. The van der Waals surface area contributed by atoms with Crippen molar-refractivity contribution in [3.05, 3.63) is 0 Å². The second-order valence-corrected chi connectivity index (χ2v) is 7.29. The van der Waals surface area contributed by atoms with Gasteiger partial charge in [0.15, 0.2) is 0 Å². The van der Waals surface area contributed by atoms with Crippen LogP contribution in [0.15, 0.2) is 0 Å². The van der Waals surface area contributed by atoms with Crippen LogP contribution in [-0.4, -0.2) is 86.6 Å². The Labute approximate surface area is 136 Å². The molecule has 0 bridgehead atoms. The van der Waals surface area contributed by atoms with Gasteiger partial charge in [0.05, 0.1) is 6.04 Å². The maximum absolute atomic E-state index is 12.4. The summed E-state index contributed by atoms with van der Waals surface area (Å²) < 4.78 is 0. The summed E-state index contributed by atoms with van der Waals surface area (Å²) in [5.41, 5.74) is 0.356. The van der Waals surface area contributed by atoms with E-state index in [1.807, 2.05) is 7.05 Å². The third-order valence-electron chi connectivity index (χ3n) is 5.47. The monoisotopic (exact) mass is 310 g/mol. The molecule has 1 aliphatic carbocycles. The minimum Gasteiger partial charge on any atom is -0.354 e. The number of likely N-dealkylation sites (N-methyl/N-ethyl adjacent to an activating group) is 2. The van der Waals surface area contributed by atoms with Crippen LogP contribution in [0.1, 0.15) is 33.1 Å². The van der Waals surface area contributed by atoms with Gasteiger partial charge in [-0.15, -0.1) is 0 Å². The van der Waals surface area contributed by atoms with Crippen molar-refractivity contribution in [2.45, 2.75) is 39.2 Å². The van der Waals surface area contributed by atoms with Gasteiger partial charge in [-0.05, 0) is 39.9 Å². The molecule has 22 heavy (non-hydrogen) atoms. The maximum atomic E-state index is 12.4. The molecule has 2 aliphatic rings. The first-order valence-electron chi connectivity index (χ1n) is 8.88. The molecule has 1 unspecified atom stereocenters. The first-order chi connectivity index (χ1) is 10.5. The lowest BCUT2D eigenvalue weighted by Crippen LogP contribution is -2.49. The van der Waals surface area contributed by atoms with Gasteiger partial charge in [-0.2, -0.15) is 0 Å². The molecule has 128 valence electrons. The molecule has 5 nitrogen and oxygen atoms in total. The van der Waals surface area contributed by atoms with Gasteiger partial charge in [0.2, 0.25) is 5.91 Å². The summed E-state index contributed by atoms with van der Waals surface area (Å²) in [7, 11) is 4.23. The van der Waals surface area contributed by atoms with Crippen molar-refractivity contribution in [1.82, 2.24) is 20.0 Å². The van der Waals surface area contributed by atoms with Gasteiger partial charge in [0.1, 0.15) is 0 Å². The van der Waals surface area contributed by atoms with E-state index in [1.54, 1.807) is 0 Å². The zero-order valence-corrected chi connectivity index (χ0v) is 14.9. The number of nitrogens with zero attached hydrogens (tertiary/aromatic N) is 3. The molecule has 1 aliphatic heterocycles. The molecule has 2 fully saturated rings. The Kier molecular flexibility index (Phi) is 6.24. The molecule has 2 rings (SSSR count). The van der Waals surface area contributed by atoms with Gasteiger partial charge in [0.25, 0.3) is 0 Å². The molecule has 1 heterocycles. The van der Waals surface area contributed by atoms with Crippen LogP contribution in [0.2, 0.25) is 0 Å². The van der Waals surface area contributed by atoms with Crippen LogP contribution in [0.5, 0.6) is 0 Å². The fraction of sp³-hybridized carbons (Fsp3) is 0.941. The highest BCUT2D eigenvalue weighted by molar-refractivity contribution is 5.81. The number of hydrogen-bond acceptors (Lipinski definition) is 4. The predicted molar refractivity (Wildman–Crippen MR) is 91.0 cm³/mol. The Bertz CT molecular complexity index is 362. The van der Waals surface area contributed by atoms with Gasteiger partial charge in [-0.3, -0.25) is 9.69 Å². The molecule has 0 spiro atoms. The van der Waals surface area contributed by atoms with Crippen LogP contribution in [0.4, 0.5) is 0 Å². The van der Waals surface area contributed by atoms with Crippen molar-refractivity contribution in [2.75, 3.05) is 59.9 Å². The summed E-state index contributed by atoms with van der Waals surface area (Å²) >= 11 is 0. The molecule has 1 N–H and O–H groups in total. The first kappa shape index (κ1) is 17.7. The highest BCUT2D eigenvalue weighted by Crippen LogP contribution is 2.45. The van der Waals surface area contributed by atoms with Gasteiger partial charge < -0.3 is 15.1 Å². The standard InChI is InChI=1S/C17H34N4O/c1-5-15(20(4)6-2)16(22)18-13-17(7-8-17)14-21-11-9-19(3)10-12-21/h15H,5-14H2,1-4H3,(H,18,22). The molecular formula is C17H34N4O. The number of hydrogen-bond donors (Lipinski definition) is 1. The molecular weight excluding hydrogens is 276 g/mol. The van der Waals surface area contributed by atoms with E-state index in [0.717, 1.165) is 26.1 Å². The summed E-state index contributed by atoms with van der Waals surface area (Å²) in [4.78, 5) is 19.5. The van der Waals surface area contributed by atoms with Crippen molar-refractivity contribution in [3.63, 3.8) is 0 Å². The zero-order valence-electron chi connectivity index (χ0n) is 14.9. The topological polar surface area (TPSA) is 38.8 Å². The molecule has 1 amide bonds. The SMILES string of the molecule is CCC(C(=O)NCC1(CN2CCN(C)CC2)CC1)N(C)CC. The number of rotatable bonds is 8. The molecule has 0 aromatic heterocycles. The molecule has 0 aromatic carbocycles. The molecule has 1 saturated heterocycles. The summed E-state index contributed by atoms with van der Waals surface area (Å²) in [5.74, 6) is 0.205. The number of carbonyl (C=O) groups excluding carboxylic acids is 1. The van der Waals surface area contributed by atoms with Crippen LogP contribution in [0.25, 0.3) is 0 Å². The molecule has 5 heteroatoms. The quantitative estimate of drug-likeness (QED) is 0.722. The molecule has 0 radical (unpaired) electrons. The van der Waals surface area contributed by atoms with E-state index < -0.39 is 0 Å². The number of piperazine rings is 1. The average molecular weight is 310 g/mol. The summed E-state index contributed by atoms with van der Waals surface area (Å²) in [6, 6.07) is 0.0180. The Morgan fingerprint density at radius 1 is 1.23 bits per heavy atom. The Morgan fingerprint density at radius 2 is 1.86 bits per heavy atom. The van der Waals surface area contributed by atoms with Crippen LogP contribution in [0, 0.1) is 5.41 Å². The highest BCUT2D eigenvalue weighted by atomic mass is 16.2. The number of carbonyl (C=O) groups is 1. The van der Waals surface area contributed by atoms with Crippen molar-refractivity contribution in [1.29, 1.82) is 0 Å². The lowest BCUT2D eigenvalue weighted by Gasteiger charge is -2.35. The van der Waals surface area contributed by atoms with Crippen LogP contribution < -0.4 is 5.32 Å². The van der Waals surface area contributed by atoms with Gasteiger partial charge in [-0.1, -0.05) is 13.8 Å². The second-order valence-electron chi connectivity index (χ2n) is 7.29. The van der Waals surface area contributed by atoms with Gasteiger partial charge in [-0.25, -0.2) is 0 Å². The second kappa shape index (κ2) is 7.75. The van der Waals surface area contributed by atoms with E-state index >= 15 is 0 Å². The lowest BCUT2D eigenvalue weighted by molar-refractivity contribution is -0.126. The molecule has 1 atom stereocenters. The maximum Gasteiger partial charge on any atom is 0.237 e. The van der Waals surface area contributed by atoms with Gasteiger partial charge in [0, 0.05) is 44.7 Å². The van der Waals surface area contributed by atoms with E-state index in [0.29, 0.717) is 5.41 Å². The van der Waals surface area contributed by atoms with Crippen molar-refractivity contribution >= 4 is 5.91 Å². The van der Waals surface area contributed by atoms with Crippen molar-refractivity contribution in [3.8, 4) is 0 Å². The van der Waals surface area contributed by atoms with Gasteiger partial charge >= 0.3 is 0 Å². The Balaban J connectivity index is 1.76. The fourth-order valence-corrected chi connectivity index (χ4v) is 3.36. The summed E-state index contributed by atoms with van der Waals surface area (Å²) in [6.45, 7) is 11.8. The Morgan fingerprint density at radius 3 is 2.36 bits per heavy atom. The first-order valence-corrected chi connectivity index (χ1v) is 8.88.